The fourth-order valence-electron chi connectivity index (χ4n) is 1.18. The van der Waals surface area contributed by atoms with E-state index in [1.165, 1.54) is 29.6 Å². The fourth-order valence-corrected chi connectivity index (χ4v) is 2.47. The summed E-state index contributed by atoms with van der Waals surface area (Å²) in [6, 6.07) is 0.322. The Morgan fingerprint density at radius 2 is 2.21 bits per heavy atom. The number of nitrogens with one attached hydrogen (secondary N) is 1. The number of anilines is 1. The second-order valence-corrected chi connectivity index (χ2v) is 5.39. The lowest BCUT2D eigenvalue weighted by Gasteiger charge is -2.07. The van der Waals surface area contributed by atoms with Crippen LogP contribution in [0.2, 0.25) is 0 Å². The van der Waals surface area contributed by atoms with E-state index in [4.69, 9.17) is 4.74 Å². The van der Waals surface area contributed by atoms with E-state index in [2.05, 4.69) is 36.5 Å². The average molecular weight is 298 g/mol. The summed E-state index contributed by atoms with van der Waals surface area (Å²) in [5.41, 5.74) is 0. The summed E-state index contributed by atoms with van der Waals surface area (Å²) in [5, 5.41) is 3.67. The molecule has 0 aliphatic heterocycles. The Morgan fingerprint density at radius 1 is 1.32 bits per heavy atom. The summed E-state index contributed by atoms with van der Waals surface area (Å²) >= 11 is 2.65. The number of nitrogens with zero attached hydrogens (tertiary/aromatic N) is 5. The lowest BCUT2D eigenvalue weighted by atomic mass is 10.5. The first-order valence-electron chi connectivity index (χ1n) is 5.89. The number of rotatable bonds is 7. The number of hydrogen-bond donors (Lipinski definition) is 1. The van der Waals surface area contributed by atoms with Crippen molar-refractivity contribution in [3.63, 3.8) is 0 Å². The van der Waals surface area contributed by atoms with E-state index >= 15 is 0 Å². The van der Waals surface area contributed by atoms with Gasteiger partial charge in [-0.15, -0.1) is 0 Å². The largest absolute Gasteiger partial charge is 0.464 e. The second-order valence-electron chi connectivity index (χ2n) is 3.39. The van der Waals surface area contributed by atoms with Crippen molar-refractivity contribution in [1.82, 2.24) is 24.3 Å². The Morgan fingerprint density at radius 3 is 2.89 bits per heavy atom. The molecule has 7 nitrogen and oxygen atoms in total. The van der Waals surface area contributed by atoms with Gasteiger partial charge in [-0.1, -0.05) is 6.92 Å². The Kier molecular flexibility index (Phi) is 5.28. The van der Waals surface area contributed by atoms with Crippen LogP contribution in [0.1, 0.15) is 20.3 Å². The zero-order valence-corrected chi connectivity index (χ0v) is 12.3. The number of ether oxygens (including phenoxy) is 1. The van der Waals surface area contributed by atoms with Crippen molar-refractivity contribution >= 4 is 29.2 Å². The zero-order chi connectivity index (χ0) is 13.5. The van der Waals surface area contributed by atoms with Crippen molar-refractivity contribution in [2.24, 2.45) is 0 Å². The third kappa shape index (κ3) is 4.28. The van der Waals surface area contributed by atoms with Gasteiger partial charge in [0.25, 0.3) is 0 Å². The van der Waals surface area contributed by atoms with Crippen molar-refractivity contribution in [1.29, 1.82) is 0 Å². The molecule has 102 valence electrons. The van der Waals surface area contributed by atoms with Crippen molar-refractivity contribution in [2.75, 3.05) is 18.5 Å². The maximum Gasteiger partial charge on any atom is 0.322 e. The second kappa shape index (κ2) is 7.19. The molecule has 1 N–H and O–H groups in total. The van der Waals surface area contributed by atoms with E-state index < -0.39 is 0 Å². The van der Waals surface area contributed by atoms with Gasteiger partial charge in [-0.05, 0) is 36.6 Å². The average Bonchev–Trinajstić information content (AvgIpc) is 2.89. The summed E-state index contributed by atoms with van der Waals surface area (Å²) < 4.78 is 10.1. The number of aromatic nitrogens is 5. The maximum absolute atomic E-state index is 5.34. The van der Waals surface area contributed by atoms with E-state index in [-0.39, 0.29) is 0 Å². The van der Waals surface area contributed by atoms with Crippen LogP contribution in [0.3, 0.4) is 0 Å². The van der Waals surface area contributed by atoms with Gasteiger partial charge in [0.05, 0.1) is 6.61 Å². The van der Waals surface area contributed by atoms with Crippen LogP contribution in [0.4, 0.5) is 5.95 Å². The van der Waals surface area contributed by atoms with Crippen LogP contribution >= 0.6 is 23.3 Å². The molecule has 0 bridgehead atoms. The predicted octanol–water partition coefficient (Wildman–Crippen LogP) is 2.09. The van der Waals surface area contributed by atoms with Gasteiger partial charge < -0.3 is 10.1 Å². The molecule has 0 aliphatic carbocycles. The molecule has 0 aliphatic rings. The zero-order valence-electron chi connectivity index (χ0n) is 10.7. The summed E-state index contributed by atoms with van der Waals surface area (Å²) in [6.07, 6.45) is 2.50. The highest BCUT2D eigenvalue weighted by atomic mass is 32.2. The monoisotopic (exact) mass is 298 g/mol. The van der Waals surface area contributed by atoms with Gasteiger partial charge in [0.15, 0.2) is 4.34 Å². The molecule has 0 saturated heterocycles. The fraction of sp³-hybridized carbons (Fsp3) is 0.500. The molecule has 0 aromatic carbocycles. The Hall–Kier alpha value is -1.48. The SMILES string of the molecule is CCCNc1nc(OCC)nc(Sc2ncns2)n1. The normalized spacial score (nSPS) is 10.4. The lowest BCUT2D eigenvalue weighted by Crippen LogP contribution is -2.08. The molecular weight excluding hydrogens is 284 g/mol. The van der Waals surface area contributed by atoms with Gasteiger partial charge in [-0.2, -0.15) is 19.3 Å². The molecule has 2 heterocycles. The van der Waals surface area contributed by atoms with Gasteiger partial charge >= 0.3 is 6.01 Å². The summed E-state index contributed by atoms with van der Waals surface area (Å²) in [5.74, 6) is 0.521. The highest BCUT2D eigenvalue weighted by molar-refractivity contribution is 8.00. The minimum Gasteiger partial charge on any atom is -0.464 e. The summed E-state index contributed by atoms with van der Waals surface area (Å²) in [7, 11) is 0. The standard InChI is InChI=1S/C10H14N6OS2/c1-3-5-11-7-14-8(17-4-2)16-9(15-7)18-10-12-6-13-19-10/h6H,3-5H2,1-2H3,(H,11,14,15,16). The maximum atomic E-state index is 5.34. The Balaban J connectivity index is 2.17. The first-order valence-corrected chi connectivity index (χ1v) is 7.48. The van der Waals surface area contributed by atoms with Gasteiger partial charge in [0.1, 0.15) is 6.33 Å². The van der Waals surface area contributed by atoms with Crippen LogP contribution < -0.4 is 10.1 Å². The molecule has 19 heavy (non-hydrogen) atoms. The molecule has 0 unspecified atom stereocenters. The molecule has 9 heteroatoms. The van der Waals surface area contributed by atoms with Crippen LogP contribution in [0.15, 0.2) is 15.8 Å². The molecule has 2 aromatic rings. The molecule has 2 rings (SSSR count). The van der Waals surface area contributed by atoms with Gasteiger partial charge in [0, 0.05) is 6.54 Å². The molecule has 0 amide bonds. The van der Waals surface area contributed by atoms with Gasteiger partial charge in [-0.25, -0.2) is 4.98 Å². The molecule has 0 radical (unpaired) electrons. The molecule has 0 saturated carbocycles. The third-order valence-corrected chi connectivity index (χ3v) is 3.50. The third-order valence-electron chi connectivity index (χ3n) is 1.92. The molecule has 0 spiro atoms. The minimum atomic E-state index is 0.322. The van der Waals surface area contributed by atoms with Crippen LogP contribution in [-0.2, 0) is 0 Å². The highest BCUT2D eigenvalue weighted by Gasteiger charge is 2.10. The summed E-state index contributed by atoms with van der Waals surface area (Å²) in [4.78, 5) is 16.8. The predicted molar refractivity (Wildman–Crippen MR) is 73.8 cm³/mol. The Labute approximate surface area is 119 Å². The Bertz CT molecular complexity index is 507. The quantitative estimate of drug-likeness (QED) is 0.831. The van der Waals surface area contributed by atoms with E-state index in [0.717, 1.165) is 17.3 Å². The van der Waals surface area contributed by atoms with E-state index in [1.54, 1.807) is 0 Å². The van der Waals surface area contributed by atoms with Crippen LogP contribution in [-0.4, -0.2) is 37.5 Å². The van der Waals surface area contributed by atoms with Crippen molar-refractivity contribution in [3.05, 3.63) is 6.33 Å². The van der Waals surface area contributed by atoms with Crippen LogP contribution in [0.5, 0.6) is 6.01 Å². The highest BCUT2D eigenvalue weighted by Crippen LogP contribution is 2.26. The van der Waals surface area contributed by atoms with E-state index in [9.17, 15) is 0 Å². The smallest absolute Gasteiger partial charge is 0.322 e. The van der Waals surface area contributed by atoms with Crippen LogP contribution in [0, 0.1) is 0 Å². The van der Waals surface area contributed by atoms with E-state index in [0.29, 0.717) is 23.7 Å². The van der Waals surface area contributed by atoms with Crippen molar-refractivity contribution in [3.8, 4) is 6.01 Å². The topological polar surface area (TPSA) is 85.7 Å². The van der Waals surface area contributed by atoms with Gasteiger partial charge in [0.2, 0.25) is 11.1 Å². The summed E-state index contributed by atoms with van der Waals surface area (Å²) in [6.45, 7) is 5.29. The lowest BCUT2D eigenvalue weighted by molar-refractivity contribution is 0.308. The van der Waals surface area contributed by atoms with Crippen molar-refractivity contribution < 1.29 is 4.74 Å². The first kappa shape index (κ1) is 13.9. The molecule has 2 aromatic heterocycles. The molecular formula is C10H14N6OS2. The van der Waals surface area contributed by atoms with Crippen LogP contribution in [0.25, 0.3) is 0 Å². The first-order chi connectivity index (χ1) is 9.31. The number of hydrogen-bond acceptors (Lipinski definition) is 9. The van der Waals surface area contributed by atoms with Crippen molar-refractivity contribution in [2.45, 2.75) is 29.8 Å². The molecule has 0 atom stereocenters. The van der Waals surface area contributed by atoms with Gasteiger partial charge in [-0.3, -0.25) is 0 Å². The molecule has 0 fully saturated rings. The minimum absolute atomic E-state index is 0.322. The van der Waals surface area contributed by atoms with E-state index in [1.807, 2.05) is 6.92 Å².